The van der Waals surface area contributed by atoms with Crippen LogP contribution in [0.25, 0.3) is 0 Å². The first-order chi connectivity index (χ1) is 9.29. The molecule has 1 aliphatic rings. The van der Waals surface area contributed by atoms with Crippen molar-refractivity contribution >= 4 is 7.14 Å². The Bertz CT molecular complexity index is 549. The molecule has 0 N–H and O–H groups in total. The topological polar surface area (TPSA) is 17.1 Å². The molecule has 1 nitrogen and oxygen atoms in total. The molecular formula is C18H25OP. The fourth-order valence-electron chi connectivity index (χ4n) is 2.78. The van der Waals surface area contributed by atoms with Gasteiger partial charge in [0.1, 0.15) is 7.14 Å². The lowest BCUT2D eigenvalue weighted by Gasteiger charge is -2.43. The summed E-state index contributed by atoms with van der Waals surface area (Å²) >= 11 is 0. The van der Waals surface area contributed by atoms with Crippen molar-refractivity contribution in [2.24, 2.45) is 0 Å². The molecule has 1 atom stereocenters. The lowest BCUT2D eigenvalue weighted by Crippen LogP contribution is -2.35. The molecule has 1 aromatic carbocycles. The average molecular weight is 288 g/mol. The van der Waals surface area contributed by atoms with Crippen molar-refractivity contribution in [3.8, 4) is 0 Å². The first-order valence-electron chi connectivity index (χ1n) is 7.26. The summed E-state index contributed by atoms with van der Waals surface area (Å²) in [4.78, 5) is 0. The van der Waals surface area contributed by atoms with E-state index in [1.54, 1.807) is 0 Å². The van der Waals surface area contributed by atoms with Gasteiger partial charge in [-0.1, -0.05) is 75.4 Å². The van der Waals surface area contributed by atoms with Gasteiger partial charge in [0.25, 0.3) is 0 Å². The molecule has 1 unspecified atom stereocenters. The van der Waals surface area contributed by atoms with Crippen LogP contribution in [0.2, 0.25) is 0 Å². The Hall–Kier alpha value is -1.07. The van der Waals surface area contributed by atoms with E-state index in [0.717, 1.165) is 12.8 Å². The summed E-state index contributed by atoms with van der Waals surface area (Å²) < 4.78 is 13.6. The van der Waals surface area contributed by atoms with Crippen LogP contribution in [0.1, 0.15) is 32.8 Å². The number of hydrogen-bond acceptors (Lipinski definition) is 1. The van der Waals surface area contributed by atoms with E-state index in [1.165, 1.54) is 5.56 Å². The number of hydrogen-bond donors (Lipinski definition) is 0. The second-order valence-corrected chi connectivity index (χ2v) is 10.8. The largest absolute Gasteiger partial charge is 0.322 e. The smallest absolute Gasteiger partial charge is 0.103 e. The highest BCUT2D eigenvalue weighted by molar-refractivity contribution is 7.66. The number of benzene rings is 1. The van der Waals surface area contributed by atoms with E-state index in [4.69, 9.17) is 0 Å². The summed E-state index contributed by atoms with van der Waals surface area (Å²) in [7, 11) is -2.42. The van der Waals surface area contributed by atoms with Gasteiger partial charge in [0.2, 0.25) is 0 Å². The lowest BCUT2D eigenvalue weighted by atomic mass is 9.94. The summed E-state index contributed by atoms with van der Waals surface area (Å²) in [6.07, 6.45) is 10.4. The van der Waals surface area contributed by atoms with Gasteiger partial charge in [0, 0.05) is 5.16 Å². The quantitative estimate of drug-likeness (QED) is 0.546. The third kappa shape index (κ3) is 2.69. The van der Waals surface area contributed by atoms with Gasteiger partial charge in [-0.3, -0.25) is 0 Å². The van der Waals surface area contributed by atoms with Gasteiger partial charge in [-0.05, 0) is 25.1 Å². The first-order valence-corrected chi connectivity index (χ1v) is 9.41. The summed E-state index contributed by atoms with van der Waals surface area (Å²) in [6, 6.07) is 10.4. The van der Waals surface area contributed by atoms with Crippen LogP contribution in [0.4, 0.5) is 0 Å². The zero-order valence-corrected chi connectivity index (χ0v) is 13.9. The third-order valence-electron chi connectivity index (χ3n) is 4.49. The predicted molar refractivity (Wildman–Crippen MR) is 89.1 cm³/mol. The molecule has 0 fully saturated rings. The molecule has 1 aliphatic carbocycles. The highest BCUT2D eigenvalue weighted by atomic mass is 31.2. The van der Waals surface area contributed by atoms with Crippen molar-refractivity contribution in [2.45, 2.75) is 43.9 Å². The second kappa shape index (κ2) is 5.37. The molecule has 0 spiro atoms. The molecule has 0 saturated carbocycles. The maximum absolute atomic E-state index is 13.6. The van der Waals surface area contributed by atoms with E-state index in [2.05, 4.69) is 69.3 Å². The Morgan fingerprint density at radius 3 is 2.15 bits per heavy atom. The van der Waals surface area contributed by atoms with Crippen LogP contribution in [-0.4, -0.2) is 17.0 Å². The molecule has 0 aromatic heterocycles. The Morgan fingerprint density at radius 2 is 1.65 bits per heavy atom. The van der Waals surface area contributed by atoms with Gasteiger partial charge in [-0.2, -0.15) is 0 Å². The summed E-state index contributed by atoms with van der Waals surface area (Å²) in [5.41, 5.74) is 1.25. The molecule has 0 radical (unpaired) electrons. The van der Waals surface area contributed by atoms with Crippen LogP contribution < -0.4 is 0 Å². The molecule has 0 heterocycles. The van der Waals surface area contributed by atoms with Gasteiger partial charge in [0.05, 0.1) is 5.16 Å². The van der Waals surface area contributed by atoms with E-state index in [-0.39, 0.29) is 10.3 Å². The molecule has 2 rings (SSSR count). The standard InChI is InChI=1S/C18H25OP/c1-17(2,3)20(4,19)18(13-9-6-10-14-18)15-16-11-7-5-8-12-16/h5,7-14H,6,15H2,1-4H3. The van der Waals surface area contributed by atoms with Gasteiger partial charge in [-0.15, -0.1) is 0 Å². The average Bonchev–Trinajstić information content (AvgIpc) is 2.39. The van der Waals surface area contributed by atoms with Crippen molar-refractivity contribution in [3.63, 3.8) is 0 Å². The maximum atomic E-state index is 13.6. The van der Waals surface area contributed by atoms with Crippen LogP contribution in [0.15, 0.2) is 54.6 Å². The third-order valence-corrected chi connectivity index (χ3v) is 9.10. The summed E-state index contributed by atoms with van der Waals surface area (Å²) in [5, 5.41) is -0.543. The number of rotatable bonds is 3. The van der Waals surface area contributed by atoms with Crippen LogP contribution in [0.3, 0.4) is 0 Å². The normalized spacial score (nSPS) is 20.6. The zero-order chi connectivity index (χ0) is 14.9. The van der Waals surface area contributed by atoms with E-state index >= 15 is 0 Å². The van der Waals surface area contributed by atoms with Crippen LogP contribution in [0.5, 0.6) is 0 Å². The Balaban J connectivity index is 2.48. The number of allylic oxidation sites excluding steroid dienone is 4. The SMILES string of the molecule is CC(C)(C)P(C)(=O)C1(Cc2ccccc2)C=CCC=C1. The van der Waals surface area contributed by atoms with Crippen molar-refractivity contribution in [3.05, 3.63) is 60.2 Å². The van der Waals surface area contributed by atoms with Crippen molar-refractivity contribution < 1.29 is 4.57 Å². The molecule has 0 amide bonds. The molecule has 2 heteroatoms. The predicted octanol–water partition coefficient (Wildman–Crippen LogP) is 5.28. The van der Waals surface area contributed by atoms with Crippen LogP contribution in [0, 0.1) is 0 Å². The van der Waals surface area contributed by atoms with E-state index in [0.29, 0.717) is 0 Å². The van der Waals surface area contributed by atoms with Gasteiger partial charge in [-0.25, -0.2) is 0 Å². The van der Waals surface area contributed by atoms with E-state index in [1.807, 2.05) is 12.7 Å². The first kappa shape index (κ1) is 15.3. The second-order valence-electron chi connectivity index (χ2n) is 6.79. The van der Waals surface area contributed by atoms with Gasteiger partial charge in [0.15, 0.2) is 0 Å². The fraction of sp³-hybridized carbons (Fsp3) is 0.444. The highest BCUT2D eigenvalue weighted by Crippen LogP contribution is 2.66. The molecule has 0 saturated heterocycles. The minimum atomic E-state index is -2.42. The van der Waals surface area contributed by atoms with Gasteiger partial charge >= 0.3 is 0 Å². The van der Waals surface area contributed by atoms with E-state index in [9.17, 15) is 4.57 Å². The molecule has 0 aliphatic heterocycles. The molecule has 108 valence electrons. The highest BCUT2D eigenvalue weighted by Gasteiger charge is 2.48. The van der Waals surface area contributed by atoms with Crippen molar-refractivity contribution in [2.75, 3.05) is 6.66 Å². The van der Waals surface area contributed by atoms with Crippen molar-refractivity contribution in [1.29, 1.82) is 0 Å². The molecular weight excluding hydrogens is 263 g/mol. The van der Waals surface area contributed by atoms with Crippen molar-refractivity contribution in [1.82, 2.24) is 0 Å². The monoisotopic (exact) mass is 288 g/mol. The van der Waals surface area contributed by atoms with E-state index < -0.39 is 7.14 Å². The maximum Gasteiger partial charge on any atom is 0.103 e. The Morgan fingerprint density at radius 1 is 1.10 bits per heavy atom. The summed E-state index contributed by atoms with van der Waals surface area (Å²) in [5.74, 6) is 0. The lowest BCUT2D eigenvalue weighted by molar-refractivity contribution is 0.532. The molecule has 0 bridgehead atoms. The van der Waals surface area contributed by atoms with Crippen LogP contribution >= 0.6 is 7.14 Å². The molecule has 1 aromatic rings. The Kier molecular flexibility index (Phi) is 4.12. The minimum Gasteiger partial charge on any atom is -0.322 e. The van der Waals surface area contributed by atoms with Gasteiger partial charge < -0.3 is 4.57 Å². The molecule has 20 heavy (non-hydrogen) atoms. The minimum absolute atomic E-state index is 0.201. The fourth-order valence-corrected chi connectivity index (χ4v) is 5.29. The Labute approximate surface area is 123 Å². The zero-order valence-electron chi connectivity index (χ0n) is 13.0. The summed E-state index contributed by atoms with van der Waals surface area (Å²) in [6.45, 7) is 8.25. The van der Waals surface area contributed by atoms with Crippen LogP contribution in [-0.2, 0) is 11.0 Å².